The third-order valence-electron chi connectivity index (χ3n) is 2.16. The van der Waals surface area contributed by atoms with Crippen molar-refractivity contribution in [2.45, 2.75) is 26.2 Å². The van der Waals surface area contributed by atoms with Crippen molar-refractivity contribution in [1.82, 2.24) is 0 Å². The first kappa shape index (κ1) is 9.38. The second kappa shape index (κ2) is 5.53. The summed E-state index contributed by atoms with van der Waals surface area (Å²) in [5.74, 6) is 1.54. The quantitative estimate of drug-likeness (QED) is 0.672. The van der Waals surface area contributed by atoms with Gasteiger partial charge in [-0.3, -0.25) is 0 Å². The Kier molecular flexibility index (Phi) is 3.70. The average Bonchev–Trinajstić information content (AvgIpc) is 2.29. The molecule has 0 aliphatic heterocycles. The number of hydrogen-bond acceptors (Lipinski definition) is 2. The van der Waals surface area contributed by atoms with E-state index in [2.05, 4.69) is 0 Å². The highest BCUT2D eigenvalue weighted by Gasteiger charge is 2.03. The zero-order valence-electron chi connectivity index (χ0n) is 9.88. The SMILES string of the molecule is [2H]CCCCc1ccc(OC)c(OC)c1. The molecule has 2 heteroatoms. The van der Waals surface area contributed by atoms with Crippen molar-refractivity contribution in [3.63, 3.8) is 0 Å². The van der Waals surface area contributed by atoms with Gasteiger partial charge in [0.2, 0.25) is 0 Å². The minimum Gasteiger partial charge on any atom is -0.493 e. The summed E-state index contributed by atoms with van der Waals surface area (Å²) in [5.41, 5.74) is 1.24. The molecule has 2 nitrogen and oxygen atoms in total. The highest BCUT2D eigenvalue weighted by atomic mass is 16.5. The number of unbranched alkanes of at least 4 members (excludes halogenated alkanes) is 1. The van der Waals surface area contributed by atoms with Crippen LogP contribution in [0.5, 0.6) is 11.5 Å². The van der Waals surface area contributed by atoms with Gasteiger partial charge in [0.1, 0.15) is 0 Å². The van der Waals surface area contributed by atoms with Crippen LogP contribution >= 0.6 is 0 Å². The molecule has 0 fully saturated rings. The molecule has 78 valence electrons. The molecule has 0 heterocycles. The number of hydrogen-bond donors (Lipinski definition) is 0. The van der Waals surface area contributed by atoms with Crippen LogP contribution < -0.4 is 9.47 Å². The van der Waals surface area contributed by atoms with Gasteiger partial charge in [0.05, 0.1) is 14.2 Å². The lowest BCUT2D eigenvalue weighted by Gasteiger charge is -2.09. The van der Waals surface area contributed by atoms with E-state index in [1.165, 1.54) is 5.56 Å². The lowest BCUT2D eigenvalue weighted by atomic mass is 10.1. The second-order valence-electron chi connectivity index (χ2n) is 3.15. The highest BCUT2D eigenvalue weighted by Crippen LogP contribution is 2.27. The summed E-state index contributed by atoms with van der Waals surface area (Å²) in [5, 5.41) is 0. The summed E-state index contributed by atoms with van der Waals surface area (Å²) in [6, 6.07) is 5.98. The maximum atomic E-state index is 7.07. The molecule has 14 heavy (non-hydrogen) atoms. The summed E-state index contributed by atoms with van der Waals surface area (Å²) in [6.45, 7) is 0.507. The minimum atomic E-state index is 0.507. The van der Waals surface area contributed by atoms with E-state index in [0.29, 0.717) is 6.90 Å². The van der Waals surface area contributed by atoms with Gasteiger partial charge >= 0.3 is 0 Å². The molecule has 0 radical (unpaired) electrons. The van der Waals surface area contributed by atoms with Crippen molar-refractivity contribution in [3.8, 4) is 11.5 Å². The number of aryl methyl sites for hydroxylation is 1. The summed E-state index contributed by atoms with van der Waals surface area (Å²) >= 11 is 0. The summed E-state index contributed by atoms with van der Waals surface area (Å²) in [4.78, 5) is 0. The van der Waals surface area contributed by atoms with Gasteiger partial charge in [0.15, 0.2) is 11.5 Å². The van der Waals surface area contributed by atoms with E-state index in [-0.39, 0.29) is 0 Å². The third-order valence-corrected chi connectivity index (χ3v) is 2.16. The monoisotopic (exact) mass is 195 g/mol. The topological polar surface area (TPSA) is 18.5 Å². The lowest BCUT2D eigenvalue weighted by Crippen LogP contribution is -1.92. The van der Waals surface area contributed by atoms with Crippen LogP contribution in [0.1, 0.15) is 26.7 Å². The zero-order chi connectivity index (χ0) is 11.1. The molecule has 0 aliphatic rings. The Morgan fingerprint density at radius 3 is 2.64 bits per heavy atom. The van der Waals surface area contributed by atoms with Gasteiger partial charge in [-0.25, -0.2) is 0 Å². The number of methoxy groups -OCH3 is 2. The van der Waals surface area contributed by atoms with Crippen molar-refractivity contribution in [2.24, 2.45) is 0 Å². The van der Waals surface area contributed by atoms with Crippen LogP contribution in [-0.4, -0.2) is 14.2 Å². The molecule has 0 amide bonds. The van der Waals surface area contributed by atoms with E-state index in [1.807, 2.05) is 18.2 Å². The molecule has 0 spiro atoms. The van der Waals surface area contributed by atoms with Crippen LogP contribution in [0.15, 0.2) is 18.2 Å². The summed E-state index contributed by atoms with van der Waals surface area (Å²) in [7, 11) is 3.28. The van der Waals surface area contributed by atoms with E-state index >= 15 is 0 Å². The maximum absolute atomic E-state index is 7.07. The van der Waals surface area contributed by atoms with Gasteiger partial charge in [-0.2, -0.15) is 0 Å². The van der Waals surface area contributed by atoms with Gasteiger partial charge in [0, 0.05) is 1.37 Å². The second-order valence-corrected chi connectivity index (χ2v) is 3.15. The van der Waals surface area contributed by atoms with Crippen LogP contribution in [0, 0.1) is 0 Å². The van der Waals surface area contributed by atoms with E-state index in [9.17, 15) is 0 Å². The molecular formula is C12H18O2. The molecule has 0 atom stereocenters. The first-order valence-corrected chi connectivity index (χ1v) is 4.82. The molecule has 1 rings (SSSR count). The van der Waals surface area contributed by atoms with Crippen LogP contribution in [0.25, 0.3) is 0 Å². The van der Waals surface area contributed by atoms with Gasteiger partial charge in [-0.15, -0.1) is 0 Å². The largest absolute Gasteiger partial charge is 0.493 e. The van der Waals surface area contributed by atoms with Crippen LogP contribution in [0.4, 0.5) is 0 Å². The van der Waals surface area contributed by atoms with Crippen molar-refractivity contribution in [1.29, 1.82) is 0 Å². The molecule has 0 aliphatic carbocycles. The van der Waals surface area contributed by atoms with E-state index in [4.69, 9.17) is 10.8 Å². The fourth-order valence-corrected chi connectivity index (χ4v) is 1.37. The standard InChI is InChI=1S/C12H18O2/c1-4-5-6-10-7-8-11(13-2)12(9-10)14-3/h7-9H,4-6H2,1-3H3/i1D. The molecular weight excluding hydrogens is 176 g/mol. The normalized spacial score (nSPS) is 10.9. The van der Waals surface area contributed by atoms with Crippen LogP contribution in [0.3, 0.4) is 0 Å². The molecule has 0 unspecified atom stereocenters. The molecule has 1 aromatic carbocycles. The Balaban J connectivity index is 2.66. The molecule has 1 aromatic rings. The van der Waals surface area contributed by atoms with Gasteiger partial charge in [-0.05, 0) is 30.5 Å². The van der Waals surface area contributed by atoms with Gasteiger partial charge in [-0.1, -0.05) is 19.4 Å². The first-order chi connectivity index (χ1) is 7.31. The molecule has 0 N–H and O–H groups in total. The fourth-order valence-electron chi connectivity index (χ4n) is 1.37. The predicted molar refractivity (Wildman–Crippen MR) is 58.2 cm³/mol. The molecule has 0 aromatic heterocycles. The first-order valence-electron chi connectivity index (χ1n) is 5.52. The smallest absolute Gasteiger partial charge is 0.160 e. The van der Waals surface area contributed by atoms with Crippen LogP contribution in [0.2, 0.25) is 0 Å². The minimum absolute atomic E-state index is 0.507. The maximum Gasteiger partial charge on any atom is 0.160 e. The number of benzene rings is 1. The van der Waals surface area contributed by atoms with E-state index < -0.39 is 0 Å². The van der Waals surface area contributed by atoms with Crippen molar-refractivity contribution >= 4 is 0 Å². The van der Waals surface area contributed by atoms with Crippen molar-refractivity contribution < 1.29 is 10.8 Å². The zero-order valence-corrected chi connectivity index (χ0v) is 8.88. The summed E-state index contributed by atoms with van der Waals surface area (Å²) < 4.78 is 17.4. The predicted octanol–water partition coefficient (Wildman–Crippen LogP) is 3.05. The van der Waals surface area contributed by atoms with Crippen molar-refractivity contribution in [3.05, 3.63) is 23.8 Å². The average molecular weight is 195 g/mol. The Morgan fingerprint density at radius 2 is 2.00 bits per heavy atom. The van der Waals surface area contributed by atoms with Crippen LogP contribution in [-0.2, 0) is 6.42 Å². The highest BCUT2D eigenvalue weighted by molar-refractivity contribution is 5.42. The molecule has 0 bridgehead atoms. The Labute approximate surface area is 87.3 Å². The fraction of sp³-hybridized carbons (Fsp3) is 0.500. The molecule has 0 saturated carbocycles. The third kappa shape index (κ3) is 2.66. The lowest BCUT2D eigenvalue weighted by molar-refractivity contribution is 0.354. The number of ether oxygens (including phenoxy) is 2. The Morgan fingerprint density at radius 1 is 1.21 bits per heavy atom. The summed E-state index contributed by atoms with van der Waals surface area (Å²) in [6.07, 6.45) is 3.01. The molecule has 0 saturated heterocycles. The van der Waals surface area contributed by atoms with Gasteiger partial charge in [0.25, 0.3) is 0 Å². The van der Waals surface area contributed by atoms with E-state index in [0.717, 1.165) is 30.8 Å². The van der Waals surface area contributed by atoms with E-state index in [1.54, 1.807) is 14.2 Å². The van der Waals surface area contributed by atoms with Crippen molar-refractivity contribution in [2.75, 3.05) is 14.2 Å². The Bertz CT molecular complexity index is 300. The van der Waals surface area contributed by atoms with Gasteiger partial charge < -0.3 is 9.47 Å². The number of rotatable bonds is 5. The Hall–Kier alpha value is -1.18.